The number of hydrogen-bond acceptors (Lipinski definition) is 1. The number of pyridine rings is 1. The number of unbranched alkanes of at least 4 members (excludes halogenated alkanes) is 9. The molecule has 0 bridgehead atoms. The van der Waals surface area contributed by atoms with E-state index in [1.807, 2.05) is 18.2 Å². The van der Waals surface area contributed by atoms with Crippen molar-refractivity contribution >= 4 is 11.6 Å². The van der Waals surface area contributed by atoms with Crippen LogP contribution < -0.4 is 0 Å². The molecule has 188 valence electrons. The van der Waals surface area contributed by atoms with Crippen molar-refractivity contribution in [2.75, 3.05) is 0 Å². The van der Waals surface area contributed by atoms with Crippen LogP contribution in [0.15, 0.2) is 66.8 Å². The van der Waals surface area contributed by atoms with E-state index >= 15 is 4.39 Å². The Kier molecular flexibility index (Phi) is 11.5. The van der Waals surface area contributed by atoms with Gasteiger partial charge in [0.1, 0.15) is 0 Å². The zero-order valence-electron chi connectivity index (χ0n) is 21.9. The largest absolute Gasteiger partial charge is 0.223 e. The SMILES string of the molecule is CCCCCCCC=Cc1ccc(C2(CCCCCCC)C=CC(c3ccccc3)=CC2)nc1F. The molecule has 2 heteroatoms. The van der Waals surface area contributed by atoms with Crippen LogP contribution >= 0.6 is 0 Å². The van der Waals surface area contributed by atoms with Gasteiger partial charge in [0.2, 0.25) is 5.95 Å². The maximum atomic E-state index is 15.1. The number of halogens is 1. The van der Waals surface area contributed by atoms with Crippen LogP contribution in [0, 0.1) is 5.95 Å². The van der Waals surface area contributed by atoms with Crippen molar-refractivity contribution in [3.05, 3.63) is 89.5 Å². The molecule has 0 saturated carbocycles. The van der Waals surface area contributed by atoms with Crippen LogP contribution in [0.25, 0.3) is 11.6 Å². The Hall–Kier alpha value is -2.48. The Morgan fingerprint density at radius 3 is 2.23 bits per heavy atom. The molecule has 3 rings (SSSR count). The highest BCUT2D eigenvalue weighted by Gasteiger charge is 2.32. The Morgan fingerprint density at radius 2 is 1.57 bits per heavy atom. The average molecular weight is 474 g/mol. The summed E-state index contributed by atoms with van der Waals surface area (Å²) in [4.78, 5) is 4.52. The van der Waals surface area contributed by atoms with E-state index in [0.717, 1.165) is 31.4 Å². The van der Waals surface area contributed by atoms with Gasteiger partial charge in [-0.15, -0.1) is 0 Å². The third-order valence-corrected chi connectivity index (χ3v) is 7.26. The van der Waals surface area contributed by atoms with E-state index in [-0.39, 0.29) is 11.4 Å². The van der Waals surface area contributed by atoms with Crippen molar-refractivity contribution in [3.63, 3.8) is 0 Å². The Bertz CT molecular complexity index is 972. The lowest BCUT2D eigenvalue weighted by atomic mass is 9.72. The summed E-state index contributed by atoms with van der Waals surface area (Å²) in [6.07, 6.45) is 26.2. The normalized spacial score (nSPS) is 17.7. The molecule has 0 radical (unpaired) electrons. The summed E-state index contributed by atoms with van der Waals surface area (Å²) >= 11 is 0. The van der Waals surface area contributed by atoms with Gasteiger partial charge in [0.25, 0.3) is 0 Å². The lowest BCUT2D eigenvalue weighted by Crippen LogP contribution is -2.26. The third-order valence-electron chi connectivity index (χ3n) is 7.26. The average Bonchev–Trinajstić information content (AvgIpc) is 2.89. The maximum Gasteiger partial charge on any atom is 0.220 e. The molecule has 0 spiro atoms. The molecule has 1 atom stereocenters. The molecule has 1 aromatic heterocycles. The molecule has 0 aliphatic heterocycles. The zero-order chi connectivity index (χ0) is 24.8. The standard InChI is InChI=1S/C33H44FN/c1-3-5-7-9-10-11-14-20-30-21-22-31(35-32(30)34)33(25-17-12-8-6-4-2)26-23-29(24-27-33)28-18-15-13-16-19-28/h13-16,18-24,26H,3-12,17,25,27H2,1-2H3. The van der Waals surface area contributed by atoms with Crippen molar-refractivity contribution in [2.24, 2.45) is 0 Å². The van der Waals surface area contributed by atoms with Gasteiger partial charge >= 0.3 is 0 Å². The summed E-state index contributed by atoms with van der Waals surface area (Å²) in [6.45, 7) is 4.48. The Labute approximate surface area is 213 Å². The third kappa shape index (κ3) is 8.30. The molecule has 0 fully saturated rings. The predicted octanol–water partition coefficient (Wildman–Crippen LogP) is 10.2. The minimum absolute atomic E-state index is 0.229. The number of allylic oxidation sites excluding steroid dienone is 5. The predicted molar refractivity (Wildman–Crippen MR) is 150 cm³/mol. The lowest BCUT2D eigenvalue weighted by molar-refractivity contribution is 0.435. The first-order chi connectivity index (χ1) is 17.2. The van der Waals surface area contributed by atoms with Crippen LogP contribution in [-0.2, 0) is 5.41 Å². The zero-order valence-corrected chi connectivity index (χ0v) is 21.9. The fraction of sp³-hybridized carbons (Fsp3) is 0.485. The smallest absolute Gasteiger partial charge is 0.220 e. The number of benzene rings is 1. The quantitative estimate of drug-likeness (QED) is 0.185. The van der Waals surface area contributed by atoms with Gasteiger partial charge in [0, 0.05) is 11.0 Å². The van der Waals surface area contributed by atoms with Crippen molar-refractivity contribution in [1.29, 1.82) is 0 Å². The molecule has 1 aromatic carbocycles. The Balaban J connectivity index is 1.71. The molecule has 1 aliphatic rings. The van der Waals surface area contributed by atoms with Gasteiger partial charge in [-0.05, 0) is 49.0 Å². The van der Waals surface area contributed by atoms with E-state index in [4.69, 9.17) is 0 Å². The summed E-state index contributed by atoms with van der Waals surface area (Å²) in [5.41, 5.74) is 3.70. The summed E-state index contributed by atoms with van der Waals surface area (Å²) in [7, 11) is 0. The minimum Gasteiger partial charge on any atom is -0.223 e. The molecule has 35 heavy (non-hydrogen) atoms. The second-order valence-corrected chi connectivity index (χ2v) is 10.1. The minimum atomic E-state index is -0.346. The molecule has 1 heterocycles. The van der Waals surface area contributed by atoms with E-state index in [2.05, 4.69) is 73.5 Å². The number of aromatic nitrogens is 1. The lowest BCUT2D eigenvalue weighted by Gasteiger charge is -2.32. The second-order valence-electron chi connectivity index (χ2n) is 10.1. The summed E-state index contributed by atoms with van der Waals surface area (Å²) in [5.74, 6) is -0.346. The molecule has 0 amide bonds. The van der Waals surface area contributed by atoms with Crippen molar-refractivity contribution < 1.29 is 4.39 Å². The van der Waals surface area contributed by atoms with Crippen LogP contribution in [-0.4, -0.2) is 4.98 Å². The Morgan fingerprint density at radius 1 is 0.857 bits per heavy atom. The number of nitrogens with zero attached hydrogens (tertiary/aromatic N) is 1. The van der Waals surface area contributed by atoms with Crippen LogP contribution in [0.2, 0.25) is 0 Å². The number of hydrogen-bond donors (Lipinski definition) is 0. The van der Waals surface area contributed by atoms with Gasteiger partial charge in [-0.1, -0.05) is 132 Å². The molecule has 1 unspecified atom stereocenters. The molecule has 0 N–H and O–H groups in total. The molecule has 1 nitrogen and oxygen atoms in total. The second kappa shape index (κ2) is 14.8. The first-order valence-corrected chi connectivity index (χ1v) is 14.0. The van der Waals surface area contributed by atoms with Gasteiger partial charge < -0.3 is 0 Å². The molecular weight excluding hydrogens is 429 g/mol. The molecule has 0 saturated heterocycles. The van der Waals surface area contributed by atoms with E-state index in [9.17, 15) is 0 Å². The van der Waals surface area contributed by atoms with Crippen molar-refractivity contribution in [2.45, 2.75) is 103 Å². The van der Waals surface area contributed by atoms with Crippen molar-refractivity contribution in [1.82, 2.24) is 4.98 Å². The maximum absolute atomic E-state index is 15.1. The van der Waals surface area contributed by atoms with Crippen LogP contribution in [0.5, 0.6) is 0 Å². The highest BCUT2D eigenvalue weighted by Crippen LogP contribution is 2.40. The summed E-state index contributed by atoms with van der Waals surface area (Å²) in [5, 5.41) is 0. The van der Waals surface area contributed by atoms with Crippen LogP contribution in [0.3, 0.4) is 0 Å². The topological polar surface area (TPSA) is 12.9 Å². The van der Waals surface area contributed by atoms with E-state index in [0.29, 0.717) is 5.56 Å². The van der Waals surface area contributed by atoms with Gasteiger partial charge in [-0.3, -0.25) is 0 Å². The summed E-state index contributed by atoms with van der Waals surface area (Å²) < 4.78 is 15.1. The van der Waals surface area contributed by atoms with E-state index < -0.39 is 0 Å². The first kappa shape index (κ1) is 27.1. The van der Waals surface area contributed by atoms with Gasteiger partial charge in [0.15, 0.2) is 0 Å². The summed E-state index contributed by atoms with van der Waals surface area (Å²) in [6, 6.07) is 14.5. The van der Waals surface area contributed by atoms with E-state index in [1.165, 1.54) is 68.9 Å². The first-order valence-electron chi connectivity index (χ1n) is 14.0. The molecule has 1 aliphatic carbocycles. The van der Waals surface area contributed by atoms with Crippen LogP contribution in [0.1, 0.15) is 114 Å². The van der Waals surface area contributed by atoms with Crippen molar-refractivity contribution in [3.8, 4) is 0 Å². The number of rotatable bonds is 15. The highest BCUT2D eigenvalue weighted by atomic mass is 19.1. The van der Waals surface area contributed by atoms with E-state index in [1.54, 1.807) is 0 Å². The fourth-order valence-electron chi connectivity index (χ4n) is 4.99. The monoisotopic (exact) mass is 473 g/mol. The highest BCUT2D eigenvalue weighted by molar-refractivity contribution is 5.75. The van der Waals surface area contributed by atoms with Gasteiger partial charge in [0.05, 0.1) is 5.69 Å². The molecule has 2 aromatic rings. The van der Waals surface area contributed by atoms with Gasteiger partial charge in [-0.25, -0.2) is 4.98 Å². The van der Waals surface area contributed by atoms with Gasteiger partial charge in [-0.2, -0.15) is 4.39 Å². The van der Waals surface area contributed by atoms with Crippen LogP contribution in [0.4, 0.5) is 4.39 Å². The molecular formula is C33H44FN. The fourth-order valence-corrected chi connectivity index (χ4v) is 4.99.